The van der Waals surface area contributed by atoms with Gasteiger partial charge in [-0.05, 0) is 6.07 Å². The molecule has 0 amide bonds. The van der Waals surface area contributed by atoms with E-state index in [1.165, 1.54) is 0 Å². The fraction of sp³-hybridized carbons (Fsp3) is 0.444. The summed E-state index contributed by atoms with van der Waals surface area (Å²) in [5, 5.41) is 37.9. The molecule has 2 heterocycles. The second kappa shape index (κ2) is 5.49. The highest BCUT2D eigenvalue weighted by atomic mass is 19.1. The average molecular weight is 356 g/mol. The highest BCUT2D eigenvalue weighted by molar-refractivity contribution is 5.89. The maximum atomic E-state index is 14.5. The van der Waals surface area contributed by atoms with Gasteiger partial charge in [-0.1, -0.05) is 19.9 Å². The predicted molar refractivity (Wildman–Crippen MR) is 82.9 cm³/mol. The van der Waals surface area contributed by atoms with Gasteiger partial charge in [-0.3, -0.25) is 5.41 Å². The van der Waals surface area contributed by atoms with Crippen LogP contribution in [-0.4, -0.2) is 11.7 Å². The van der Waals surface area contributed by atoms with Crippen molar-refractivity contribution in [2.24, 2.45) is 16.7 Å². The number of fused-ring (bicyclic) bond motifs is 2. The second-order valence-electron chi connectivity index (χ2n) is 6.43. The summed E-state index contributed by atoms with van der Waals surface area (Å²) in [6.45, 7) is 3.26. The molecule has 0 saturated carbocycles. The number of benzene rings is 1. The minimum Gasteiger partial charge on any atom is -0.447 e. The largest absolute Gasteiger partial charge is 0.447 e. The van der Waals surface area contributed by atoms with Crippen LogP contribution in [0.25, 0.3) is 0 Å². The predicted octanol–water partition coefficient (Wildman–Crippen LogP) is 3.33. The first-order valence-corrected chi connectivity index (χ1v) is 7.93. The Morgan fingerprint density at radius 1 is 1.19 bits per heavy atom. The minimum atomic E-state index is -2.24. The first kappa shape index (κ1) is 17.8. The summed E-state index contributed by atoms with van der Waals surface area (Å²) in [6, 6.07) is 8.16. The molecule has 1 aromatic rings. The van der Waals surface area contributed by atoms with Gasteiger partial charge in [0.2, 0.25) is 17.1 Å². The van der Waals surface area contributed by atoms with E-state index in [2.05, 4.69) is 0 Å². The van der Waals surface area contributed by atoms with Crippen molar-refractivity contribution >= 4 is 5.90 Å². The highest BCUT2D eigenvalue weighted by Crippen LogP contribution is 2.67. The Hall–Kier alpha value is -3.02. The maximum absolute atomic E-state index is 14.5. The van der Waals surface area contributed by atoms with Crippen LogP contribution >= 0.6 is 0 Å². The fourth-order valence-electron chi connectivity index (χ4n) is 4.04. The van der Waals surface area contributed by atoms with Crippen LogP contribution in [0, 0.1) is 67.8 Å². The summed E-state index contributed by atoms with van der Waals surface area (Å²) in [5.74, 6) is -4.68. The zero-order valence-electron chi connectivity index (χ0n) is 14.0. The topological polar surface area (TPSA) is 114 Å². The number of hydrogen-bond acceptors (Lipinski definition) is 6. The van der Waals surface area contributed by atoms with Crippen LogP contribution in [0.15, 0.2) is 18.2 Å². The number of halogens is 2. The number of ether oxygens (including phenoxy) is 2. The lowest BCUT2D eigenvalue weighted by Crippen LogP contribution is -2.58. The molecule has 132 valence electrons. The van der Waals surface area contributed by atoms with Gasteiger partial charge in [0.15, 0.2) is 5.41 Å². The summed E-state index contributed by atoms with van der Waals surface area (Å²) < 4.78 is 39.2. The normalized spacial score (nSPS) is 34.3. The lowest BCUT2D eigenvalue weighted by atomic mass is 9.53. The molecule has 1 aromatic carbocycles. The van der Waals surface area contributed by atoms with Gasteiger partial charge in [0.05, 0.1) is 24.1 Å². The lowest BCUT2D eigenvalue weighted by Gasteiger charge is -2.48. The van der Waals surface area contributed by atoms with Gasteiger partial charge in [0, 0.05) is 18.1 Å². The first-order valence-electron chi connectivity index (χ1n) is 7.93. The van der Waals surface area contributed by atoms with Crippen molar-refractivity contribution in [1.29, 1.82) is 21.2 Å². The molecule has 3 rings (SSSR count). The van der Waals surface area contributed by atoms with E-state index in [9.17, 15) is 24.6 Å². The molecule has 2 saturated heterocycles. The molecule has 6 nitrogen and oxygen atoms in total. The molecule has 1 N–H and O–H groups in total. The van der Waals surface area contributed by atoms with E-state index in [1.54, 1.807) is 26.0 Å². The van der Waals surface area contributed by atoms with E-state index in [0.717, 1.165) is 12.1 Å². The van der Waals surface area contributed by atoms with Crippen molar-refractivity contribution in [1.82, 2.24) is 0 Å². The van der Waals surface area contributed by atoms with E-state index in [1.807, 2.05) is 6.07 Å². The van der Waals surface area contributed by atoms with Crippen LogP contribution in [0.2, 0.25) is 0 Å². The molecule has 4 unspecified atom stereocenters. The summed E-state index contributed by atoms with van der Waals surface area (Å²) in [4.78, 5) is 0. The van der Waals surface area contributed by atoms with Crippen LogP contribution < -0.4 is 0 Å². The van der Waals surface area contributed by atoms with Crippen LogP contribution in [0.3, 0.4) is 0 Å². The Morgan fingerprint density at radius 3 is 2.35 bits per heavy atom. The van der Waals surface area contributed by atoms with E-state index in [4.69, 9.17) is 14.9 Å². The van der Waals surface area contributed by atoms with E-state index in [-0.39, 0.29) is 12.0 Å². The summed E-state index contributed by atoms with van der Waals surface area (Å²) in [5.41, 5.74) is -4.43. The molecular formula is C18H14F2N4O2. The Labute approximate surface area is 148 Å². The zero-order valence-corrected chi connectivity index (χ0v) is 14.0. The zero-order chi connectivity index (χ0) is 19.3. The Morgan fingerprint density at radius 2 is 1.85 bits per heavy atom. The van der Waals surface area contributed by atoms with E-state index >= 15 is 0 Å². The van der Waals surface area contributed by atoms with E-state index < -0.39 is 46.2 Å². The average Bonchev–Trinajstić information content (AvgIpc) is 2.78. The quantitative estimate of drug-likeness (QED) is 0.873. The number of nitrogens with one attached hydrogen (secondary N) is 1. The molecule has 4 atom stereocenters. The molecule has 0 aromatic heterocycles. The third-order valence-corrected chi connectivity index (χ3v) is 5.54. The SMILES string of the molecule is CCC12OC(=N)C(C#N)(C1C)C(C#N)(C#N)C(c1ccc(F)cc1F)O2. The number of nitrogens with zero attached hydrogens (tertiary/aromatic N) is 3. The third-order valence-electron chi connectivity index (χ3n) is 5.54. The summed E-state index contributed by atoms with van der Waals surface area (Å²) in [7, 11) is 0. The molecule has 2 bridgehead atoms. The third kappa shape index (κ3) is 1.76. The molecule has 0 aliphatic carbocycles. The van der Waals surface area contributed by atoms with Crippen LogP contribution in [-0.2, 0) is 9.47 Å². The standard InChI is InChI=1S/C18H14F2N4O2/c1-3-18-10(2)17(9-23,15(24)26-18)16(7-21,8-22)14(25-18)12-5-4-11(19)6-13(12)20/h4-6,10,14,24H,3H2,1-2H3. The highest BCUT2D eigenvalue weighted by Gasteiger charge is 2.79. The molecule has 2 aliphatic rings. The van der Waals surface area contributed by atoms with Crippen molar-refractivity contribution in [3.05, 3.63) is 35.4 Å². The van der Waals surface area contributed by atoms with Crippen LogP contribution in [0.4, 0.5) is 8.78 Å². The van der Waals surface area contributed by atoms with Gasteiger partial charge in [-0.2, -0.15) is 15.8 Å². The maximum Gasteiger partial charge on any atom is 0.217 e. The van der Waals surface area contributed by atoms with Gasteiger partial charge >= 0.3 is 0 Å². The molecule has 2 aliphatic heterocycles. The van der Waals surface area contributed by atoms with Crippen LogP contribution in [0.5, 0.6) is 0 Å². The number of hydrogen-bond donors (Lipinski definition) is 1. The monoisotopic (exact) mass is 356 g/mol. The van der Waals surface area contributed by atoms with Gasteiger partial charge in [0.25, 0.3) is 0 Å². The molecule has 0 radical (unpaired) electrons. The molecule has 8 heteroatoms. The van der Waals surface area contributed by atoms with Crippen molar-refractivity contribution in [3.63, 3.8) is 0 Å². The Balaban J connectivity index is 2.36. The second-order valence-corrected chi connectivity index (χ2v) is 6.43. The Bertz CT molecular complexity index is 915. The van der Waals surface area contributed by atoms with E-state index in [0.29, 0.717) is 6.07 Å². The van der Waals surface area contributed by atoms with Gasteiger partial charge in [0.1, 0.15) is 17.7 Å². The van der Waals surface area contributed by atoms with Crippen molar-refractivity contribution in [3.8, 4) is 18.2 Å². The van der Waals surface area contributed by atoms with Crippen molar-refractivity contribution < 1.29 is 18.3 Å². The van der Waals surface area contributed by atoms with Crippen molar-refractivity contribution in [2.45, 2.75) is 32.2 Å². The number of nitriles is 3. The van der Waals surface area contributed by atoms with Crippen LogP contribution in [0.1, 0.15) is 31.9 Å². The lowest BCUT2D eigenvalue weighted by molar-refractivity contribution is -0.280. The Kier molecular flexibility index (Phi) is 3.76. The molecule has 26 heavy (non-hydrogen) atoms. The molecule has 0 spiro atoms. The fourth-order valence-corrected chi connectivity index (χ4v) is 4.04. The van der Waals surface area contributed by atoms with Gasteiger partial charge in [-0.25, -0.2) is 8.78 Å². The summed E-state index contributed by atoms with van der Waals surface area (Å²) >= 11 is 0. The van der Waals surface area contributed by atoms with Crippen molar-refractivity contribution in [2.75, 3.05) is 0 Å². The van der Waals surface area contributed by atoms with Gasteiger partial charge in [-0.15, -0.1) is 0 Å². The van der Waals surface area contributed by atoms with Gasteiger partial charge < -0.3 is 9.47 Å². The number of rotatable bonds is 2. The first-order chi connectivity index (χ1) is 12.3. The minimum absolute atomic E-state index is 0.201. The smallest absolute Gasteiger partial charge is 0.217 e. The molecule has 2 fully saturated rings. The summed E-state index contributed by atoms with van der Waals surface area (Å²) in [6.07, 6.45) is -1.33. The molecular weight excluding hydrogens is 342 g/mol.